The van der Waals surface area contributed by atoms with E-state index in [1.54, 1.807) is 17.0 Å². The van der Waals surface area contributed by atoms with Crippen molar-refractivity contribution in [3.63, 3.8) is 0 Å². The molecule has 0 saturated heterocycles. The summed E-state index contributed by atoms with van der Waals surface area (Å²) in [5, 5.41) is 13.8. The van der Waals surface area contributed by atoms with Crippen LogP contribution in [-0.2, 0) is 21.9 Å². The Morgan fingerprint density at radius 2 is 1.76 bits per heavy atom. The van der Waals surface area contributed by atoms with Crippen molar-refractivity contribution in [2.75, 3.05) is 5.75 Å². The van der Waals surface area contributed by atoms with Gasteiger partial charge in [0.1, 0.15) is 6.04 Å². The van der Waals surface area contributed by atoms with Crippen LogP contribution < -0.4 is 5.32 Å². The maximum absolute atomic E-state index is 13.3. The number of hydrogen-bond acceptors (Lipinski definition) is 5. The molecule has 2 aromatic carbocycles. The van der Waals surface area contributed by atoms with Crippen molar-refractivity contribution < 1.29 is 14.5 Å². The number of hydrogen-bond donors (Lipinski definition) is 1. The molecule has 0 aliphatic heterocycles. The van der Waals surface area contributed by atoms with Crippen molar-refractivity contribution in [3.8, 4) is 0 Å². The third-order valence-corrected chi connectivity index (χ3v) is 6.12. The van der Waals surface area contributed by atoms with Crippen molar-refractivity contribution in [2.24, 2.45) is 0 Å². The molecule has 0 radical (unpaired) electrons. The number of nitro benzene ring substituents is 1. The summed E-state index contributed by atoms with van der Waals surface area (Å²) < 4.78 is 0. The van der Waals surface area contributed by atoms with Crippen molar-refractivity contribution in [2.45, 2.75) is 64.9 Å². The van der Waals surface area contributed by atoms with E-state index in [-0.39, 0.29) is 23.3 Å². The first-order valence-corrected chi connectivity index (χ1v) is 12.1. The molecule has 178 valence electrons. The first kappa shape index (κ1) is 26.4. The molecule has 0 fully saturated rings. The van der Waals surface area contributed by atoms with E-state index in [2.05, 4.69) is 5.32 Å². The molecule has 0 saturated carbocycles. The van der Waals surface area contributed by atoms with Crippen molar-refractivity contribution in [3.05, 3.63) is 75.3 Å². The maximum Gasteiger partial charge on any atom is 0.269 e. The minimum atomic E-state index is -0.573. The summed E-state index contributed by atoms with van der Waals surface area (Å²) in [6.07, 6.45) is 0.507. The van der Waals surface area contributed by atoms with E-state index in [0.29, 0.717) is 18.7 Å². The topological polar surface area (TPSA) is 92.6 Å². The van der Waals surface area contributed by atoms with Crippen LogP contribution in [0.5, 0.6) is 0 Å². The maximum atomic E-state index is 13.3. The Hall–Kier alpha value is -2.87. The van der Waals surface area contributed by atoms with E-state index >= 15 is 0 Å². The predicted octanol–water partition coefficient (Wildman–Crippen LogP) is 4.86. The molecule has 1 atom stereocenters. The Morgan fingerprint density at radius 1 is 1.12 bits per heavy atom. The molecular weight excluding hydrogens is 438 g/mol. The van der Waals surface area contributed by atoms with Gasteiger partial charge in [-0.05, 0) is 50.8 Å². The molecule has 2 rings (SSSR count). The highest BCUT2D eigenvalue weighted by Crippen LogP contribution is 2.20. The molecule has 0 aliphatic rings. The molecule has 1 N–H and O–H groups in total. The summed E-state index contributed by atoms with van der Waals surface area (Å²) in [4.78, 5) is 38.4. The summed E-state index contributed by atoms with van der Waals surface area (Å²) >= 11 is 1.43. The number of aryl methyl sites for hydroxylation is 1. The van der Waals surface area contributed by atoms with E-state index in [0.717, 1.165) is 16.7 Å². The van der Waals surface area contributed by atoms with Crippen LogP contribution in [0.25, 0.3) is 0 Å². The lowest BCUT2D eigenvalue weighted by Crippen LogP contribution is -2.53. The van der Waals surface area contributed by atoms with Gasteiger partial charge in [0, 0.05) is 30.0 Å². The van der Waals surface area contributed by atoms with Gasteiger partial charge in [0.05, 0.1) is 10.7 Å². The van der Waals surface area contributed by atoms with Gasteiger partial charge in [-0.1, -0.05) is 43.3 Å². The number of nitrogens with zero attached hydrogens (tertiary/aromatic N) is 2. The average Bonchev–Trinajstić information content (AvgIpc) is 2.74. The molecule has 0 aliphatic carbocycles. The molecule has 2 aromatic rings. The molecule has 0 unspecified atom stereocenters. The van der Waals surface area contributed by atoms with Gasteiger partial charge in [-0.25, -0.2) is 0 Å². The number of nitrogens with one attached hydrogen (secondary N) is 1. The number of thioether (sulfide) groups is 1. The van der Waals surface area contributed by atoms with E-state index in [1.165, 1.54) is 23.9 Å². The summed E-state index contributed by atoms with van der Waals surface area (Å²) in [7, 11) is 0. The molecule has 0 bridgehead atoms. The Bertz CT molecular complexity index is 970. The van der Waals surface area contributed by atoms with Crippen molar-refractivity contribution >= 4 is 29.3 Å². The second-order valence-corrected chi connectivity index (χ2v) is 10.0. The molecule has 0 spiro atoms. The minimum Gasteiger partial charge on any atom is -0.350 e. The van der Waals surface area contributed by atoms with Crippen LogP contribution in [-0.4, -0.2) is 39.0 Å². The average molecular weight is 472 g/mol. The number of non-ortho nitro benzene ring substituents is 1. The van der Waals surface area contributed by atoms with E-state index in [4.69, 9.17) is 0 Å². The van der Waals surface area contributed by atoms with Gasteiger partial charge in [-0.15, -0.1) is 11.8 Å². The molecule has 8 heteroatoms. The zero-order valence-electron chi connectivity index (χ0n) is 20.0. The second-order valence-electron chi connectivity index (χ2n) is 9.03. The SMILES string of the molecule is CC[C@H](C(=O)NC(C)(C)C)N(Cc1ccccc1C)C(=O)CSCc1ccc([N+](=O)[O-])cc1. The zero-order valence-corrected chi connectivity index (χ0v) is 20.8. The highest BCUT2D eigenvalue weighted by Gasteiger charge is 2.30. The van der Waals surface area contributed by atoms with E-state index in [9.17, 15) is 19.7 Å². The number of rotatable bonds is 10. The summed E-state index contributed by atoms with van der Waals surface area (Å²) in [6.45, 7) is 10.0. The minimum absolute atomic E-state index is 0.0416. The molecule has 7 nitrogen and oxygen atoms in total. The first-order valence-electron chi connectivity index (χ1n) is 11.0. The highest BCUT2D eigenvalue weighted by molar-refractivity contribution is 7.99. The van der Waals surface area contributed by atoms with Crippen molar-refractivity contribution in [1.82, 2.24) is 10.2 Å². The molecule has 0 heterocycles. The van der Waals surface area contributed by atoms with Crippen LogP contribution in [0.15, 0.2) is 48.5 Å². The third kappa shape index (κ3) is 8.20. The van der Waals surface area contributed by atoms with Crippen LogP contribution in [0.3, 0.4) is 0 Å². The Labute approximate surface area is 200 Å². The van der Waals surface area contributed by atoms with E-state index < -0.39 is 16.5 Å². The van der Waals surface area contributed by atoms with Crippen LogP contribution >= 0.6 is 11.8 Å². The number of carbonyl (C=O) groups is 2. The lowest BCUT2D eigenvalue weighted by atomic mass is 10.0. The second kappa shape index (κ2) is 11.8. The first-order chi connectivity index (χ1) is 15.5. The Morgan fingerprint density at radius 3 is 2.30 bits per heavy atom. The number of nitro groups is 1. The summed E-state index contributed by atoms with van der Waals surface area (Å²) in [5.41, 5.74) is 2.63. The van der Waals surface area contributed by atoms with Crippen LogP contribution in [0.2, 0.25) is 0 Å². The van der Waals surface area contributed by atoms with Gasteiger partial charge >= 0.3 is 0 Å². The quantitative estimate of drug-likeness (QED) is 0.395. The van der Waals surface area contributed by atoms with Gasteiger partial charge in [0.2, 0.25) is 11.8 Å². The van der Waals surface area contributed by atoms with Gasteiger partial charge in [-0.2, -0.15) is 0 Å². The number of carbonyl (C=O) groups excluding carboxylic acids is 2. The summed E-state index contributed by atoms with van der Waals surface area (Å²) in [5.74, 6) is 0.489. The lowest BCUT2D eigenvalue weighted by Gasteiger charge is -2.33. The smallest absolute Gasteiger partial charge is 0.269 e. The normalized spacial score (nSPS) is 12.2. The lowest BCUT2D eigenvalue weighted by molar-refractivity contribution is -0.384. The van der Waals surface area contributed by atoms with Gasteiger partial charge in [-0.3, -0.25) is 19.7 Å². The Kier molecular flexibility index (Phi) is 9.46. The van der Waals surface area contributed by atoms with E-state index in [1.807, 2.05) is 58.9 Å². The van der Waals surface area contributed by atoms with Gasteiger partial charge in [0.25, 0.3) is 5.69 Å². The fourth-order valence-electron chi connectivity index (χ4n) is 3.40. The standard InChI is InChI=1S/C25H33N3O4S/c1-6-22(24(30)26-25(3,4)5)27(15-20-10-8-7-9-18(20)2)23(29)17-33-16-19-11-13-21(14-12-19)28(31)32/h7-14,22H,6,15-17H2,1-5H3,(H,26,30)/t22-/m1/s1. The molecule has 33 heavy (non-hydrogen) atoms. The molecular formula is C25H33N3O4S. The monoisotopic (exact) mass is 471 g/mol. The van der Waals surface area contributed by atoms with Crippen LogP contribution in [0, 0.1) is 17.0 Å². The number of amides is 2. The van der Waals surface area contributed by atoms with Gasteiger partial charge in [0.15, 0.2) is 0 Å². The van der Waals surface area contributed by atoms with Crippen LogP contribution in [0.1, 0.15) is 50.8 Å². The van der Waals surface area contributed by atoms with Gasteiger partial charge < -0.3 is 10.2 Å². The fraction of sp³-hybridized carbons (Fsp3) is 0.440. The van der Waals surface area contributed by atoms with Crippen LogP contribution in [0.4, 0.5) is 5.69 Å². The zero-order chi connectivity index (χ0) is 24.6. The Balaban J connectivity index is 2.15. The third-order valence-electron chi connectivity index (χ3n) is 5.13. The fourth-order valence-corrected chi connectivity index (χ4v) is 4.27. The highest BCUT2D eigenvalue weighted by atomic mass is 32.2. The molecule has 2 amide bonds. The molecule has 0 aromatic heterocycles. The largest absolute Gasteiger partial charge is 0.350 e. The van der Waals surface area contributed by atoms with Crippen molar-refractivity contribution in [1.29, 1.82) is 0 Å². The summed E-state index contributed by atoms with van der Waals surface area (Å²) in [6, 6.07) is 13.6. The predicted molar refractivity (Wildman–Crippen MR) is 133 cm³/mol. The number of benzene rings is 2.